The Hall–Kier alpha value is -1.32. The quantitative estimate of drug-likeness (QED) is 0.853. The van der Waals surface area contributed by atoms with Crippen LogP contribution in [0.1, 0.15) is 30.5 Å². The van der Waals surface area contributed by atoms with Gasteiger partial charge in [-0.05, 0) is 30.5 Å². The van der Waals surface area contributed by atoms with Crippen molar-refractivity contribution in [2.24, 2.45) is 0 Å². The van der Waals surface area contributed by atoms with Crippen LogP contribution in [0, 0.1) is 0 Å². The number of benzene rings is 1. The van der Waals surface area contributed by atoms with Gasteiger partial charge in [0.05, 0.1) is 6.61 Å². The van der Waals surface area contributed by atoms with Crippen LogP contribution < -0.4 is 10.1 Å². The topological polar surface area (TPSA) is 24.5 Å². The molecular weight excluding hydrogens is 248 g/mol. The second-order valence-corrected chi connectivity index (χ2v) is 5.93. The molecule has 20 heavy (non-hydrogen) atoms. The van der Waals surface area contributed by atoms with Crippen molar-refractivity contribution in [3.8, 4) is 5.75 Å². The van der Waals surface area contributed by atoms with Gasteiger partial charge in [-0.1, -0.05) is 17.7 Å². The van der Waals surface area contributed by atoms with Crippen LogP contribution in [-0.2, 0) is 6.42 Å². The van der Waals surface area contributed by atoms with E-state index in [0.717, 1.165) is 51.4 Å². The molecule has 2 aliphatic heterocycles. The van der Waals surface area contributed by atoms with Crippen LogP contribution in [0.2, 0.25) is 0 Å². The van der Waals surface area contributed by atoms with Crippen LogP contribution >= 0.6 is 0 Å². The van der Waals surface area contributed by atoms with Crippen molar-refractivity contribution in [2.75, 3.05) is 32.8 Å². The van der Waals surface area contributed by atoms with Gasteiger partial charge in [-0.15, -0.1) is 6.58 Å². The standard InChI is InChI=1S/C17H24N2O/c1-13(2)11-16(19-8-6-18-7-9-19)14-3-4-17-15(12-14)5-10-20-17/h3-4,12,16,18H,1,5-11H2,2H3/t16-/m1/s1. The minimum atomic E-state index is 0.459. The molecule has 1 N–H and O–H groups in total. The maximum Gasteiger partial charge on any atom is 0.122 e. The van der Waals surface area contributed by atoms with Gasteiger partial charge >= 0.3 is 0 Å². The Morgan fingerprint density at radius 2 is 2.20 bits per heavy atom. The summed E-state index contributed by atoms with van der Waals surface area (Å²) in [7, 11) is 0. The van der Waals surface area contributed by atoms with E-state index in [1.807, 2.05) is 0 Å². The fourth-order valence-corrected chi connectivity index (χ4v) is 3.20. The Morgan fingerprint density at radius 3 is 2.95 bits per heavy atom. The van der Waals surface area contributed by atoms with Crippen molar-refractivity contribution < 1.29 is 4.74 Å². The molecular formula is C17H24N2O. The number of nitrogens with one attached hydrogen (secondary N) is 1. The molecule has 3 rings (SSSR count). The molecule has 0 bridgehead atoms. The van der Waals surface area contributed by atoms with Crippen molar-refractivity contribution in [1.29, 1.82) is 0 Å². The molecule has 0 aromatic heterocycles. The molecule has 1 atom stereocenters. The third-order valence-electron chi connectivity index (χ3n) is 4.23. The molecule has 0 radical (unpaired) electrons. The van der Waals surface area contributed by atoms with Gasteiger partial charge in [0.1, 0.15) is 5.75 Å². The summed E-state index contributed by atoms with van der Waals surface area (Å²) in [5.74, 6) is 1.07. The lowest BCUT2D eigenvalue weighted by molar-refractivity contribution is 0.172. The molecule has 2 aliphatic rings. The Bertz CT molecular complexity index is 492. The first-order valence-electron chi connectivity index (χ1n) is 7.59. The highest BCUT2D eigenvalue weighted by atomic mass is 16.5. The molecule has 108 valence electrons. The number of piperazine rings is 1. The summed E-state index contributed by atoms with van der Waals surface area (Å²) >= 11 is 0. The highest BCUT2D eigenvalue weighted by Gasteiger charge is 2.23. The number of nitrogens with zero attached hydrogens (tertiary/aromatic N) is 1. The van der Waals surface area contributed by atoms with Gasteiger partial charge in [-0.2, -0.15) is 0 Å². The van der Waals surface area contributed by atoms with E-state index in [2.05, 4.69) is 41.9 Å². The zero-order valence-electron chi connectivity index (χ0n) is 12.3. The molecule has 0 spiro atoms. The maximum atomic E-state index is 5.62. The van der Waals surface area contributed by atoms with Gasteiger partial charge in [0, 0.05) is 38.6 Å². The number of hydrogen-bond acceptors (Lipinski definition) is 3. The minimum absolute atomic E-state index is 0.459. The molecule has 0 aliphatic carbocycles. The summed E-state index contributed by atoms with van der Waals surface area (Å²) in [6, 6.07) is 7.18. The second-order valence-electron chi connectivity index (χ2n) is 5.93. The second kappa shape index (κ2) is 5.98. The molecule has 3 heteroatoms. The number of ether oxygens (including phenoxy) is 1. The number of rotatable bonds is 4. The van der Waals surface area contributed by atoms with E-state index in [4.69, 9.17) is 4.74 Å². The molecule has 2 heterocycles. The number of fused-ring (bicyclic) bond motifs is 1. The molecule has 0 unspecified atom stereocenters. The largest absolute Gasteiger partial charge is 0.493 e. The van der Waals surface area contributed by atoms with Gasteiger partial charge in [-0.25, -0.2) is 0 Å². The van der Waals surface area contributed by atoms with Crippen molar-refractivity contribution in [2.45, 2.75) is 25.8 Å². The van der Waals surface area contributed by atoms with Crippen molar-refractivity contribution in [1.82, 2.24) is 10.2 Å². The first-order chi connectivity index (χ1) is 9.74. The summed E-state index contributed by atoms with van der Waals surface area (Å²) in [5.41, 5.74) is 4.04. The Morgan fingerprint density at radius 1 is 1.40 bits per heavy atom. The van der Waals surface area contributed by atoms with Gasteiger partial charge in [0.25, 0.3) is 0 Å². The van der Waals surface area contributed by atoms with Crippen LogP contribution in [0.25, 0.3) is 0 Å². The Kier molecular flexibility index (Phi) is 4.08. The SMILES string of the molecule is C=C(C)C[C@H](c1ccc2c(c1)CCO2)N1CCNCC1. The van der Waals surface area contributed by atoms with E-state index < -0.39 is 0 Å². The lowest BCUT2D eigenvalue weighted by Crippen LogP contribution is -2.45. The molecule has 1 saturated heterocycles. The third kappa shape index (κ3) is 2.89. The summed E-state index contributed by atoms with van der Waals surface area (Å²) in [5, 5.41) is 3.43. The lowest BCUT2D eigenvalue weighted by atomic mass is 9.96. The molecule has 1 aromatic rings. The van der Waals surface area contributed by atoms with E-state index in [-0.39, 0.29) is 0 Å². The first-order valence-corrected chi connectivity index (χ1v) is 7.59. The summed E-state index contributed by atoms with van der Waals surface area (Å²) < 4.78 is 5.62. The zero-order chi connectivity index (χ0) is 13.9. The van der Waals surface area contributed by atoms with Crippen LogP contribution in [0.15, 0.2) is 30.4 Å². The maximum absolute atomic E-state index is 5.62. The lowest BCUT2D eigenvalue weighted by Gasteiger charge is -2.35. The smallest absolute Gasteiger partial charge is 0.122 e. The Balaban J connectivity index is 1.85. The highest BCUT2D eigenvalue weighted by molar-refractivity contribution is 5.41. The van der Waals surface area contributed by atoms with Crippen LogP contribution in [0.4, 0.5) is 0 Å². The summed E-state index contributed by atoms with van der Waals surface area (Å²) in [6.07, 6.45) is 2.09. The average molecular weight is 272 g/mol. The molecule has 1 fully saturated rings. The zero-order valence-corrected chi connectivity index (χ0v) is 12.3. The van der Waals surface area contributed by atoms with E-state index in [1.165, 1.54) is 16.7 Å². The van der Waals surface area contributed by atoms with E-state index in [1.54, 1.807) is 0 Å². The summed E-state index contributed by atoms with van der Waals surface area (Å²) in [6.45, 7) is 11.5. The average Bonchev–Trinajstić information content (AvgIpc) is 2.93. The fourth-order valence-electron chi connectivity index (χ4n) is 3.20. The van der Waals surface area contributed by atoms with Gasteiger partial charge < -0.3 is 10.1 Å². The predicted molar refractivity (Wildman–Crippen MR) is 82.3 cm³/mol. The van der Waals surface area contributed by atoms with E-state index in [0.29, 0.717) is 6.04 Å². The van der Waals surface area contributed by atoms with E-state index in [9.17, 15) is 0 Å². The monoisotopic (exact) mass is 272 g/mol. The minimum Gasteiger partial charge on any atom is -0.493 e. The first kappa shape index (κ1) is 13.7. The van der Waals surface area contributed by atoms with Crippen molar-refractivity contribution in [3.05, 3.63) is 41.5 Å². The fraction of sp³-hybridized carbons (Fsp3) is 0.529. The van der Waals surface area contributed by atoms with Gasteiger partial charge in [0.2, 0.25) is 0 Å². The van der Waals surface area contributed by atoms with Gasteiger partial charge in [-0.3, -0.25) is 4.90 Å². The van der Waals surface area contributed by atoms with Crippen LogP contribution in [0.3, 0.4) is 0 Å². The van der Waals surface area contributed by atoms with Crippen LogP contribution in [0.5, 0.6) is 5.75 Å². The van der Waals surface area contributed by atoms with Crippen molar-refractivity contribution >= 4 is 0 Å². The predicted octanol–water partition coefficient (Wildman–Crippen LogP) is 2.53. The van der Waals surface area contributed by atoms with E-state index >= 15 is 0 Å². The number of hydrogen-bond donors (Lipinski definition) is 1. The normalized spacial score (nSPS) is 20.2. The molecule has 0 saturated carbocycles. The molecule has 1 aromatic carbocycles. The Labute approximate surface area is 121 Å². The summed E-state index contributed by atoms with van der Waals surface area (Å²) in [4.78, 5) is 2.59. The van der Waals surface area contributed by atoms with Crippen molar-refractivity contribution in [3.63, 3.8) is 0 Å². The van der Waals surface area contributed by atoms with Gasteiger partial charge in [0.15, 0.2) is 0 Å². The highest BCUT2D eigenvalue weighted by Crippen LogP contribution is 2.33. The third-order valence-corrected chi connectivity index (χ3v) is 4.23. The molecule has 3 nitrogen and oxygen atoms in total. The van der Waals surface area contributed by atoms with Crippen LogP contribution in [-0.4, -0.2) is 37.7 Å². The molecule has 0 amide bonds.